The molecule has 7 heteroatoms. The van der Waals surface area contributed by atoms with Gasteiger partial charge in [-0.1, -0.05) is 13.8 Å². The molecule has 0 spiro atoms. The Labute approximate surface area is 203 Å². The van der Waals surface area contributed by atoms with Crippen molar-refractivity contribution in [3.8, 4) is 11.5 Å². The summed E-state index contributed by atoms with van der Waals surface area (Å²) in [4.78, 5) is 31.7. The number of aromatic hydroxyl groups is 1. The molecule has 0 saturated heterocycles. The third-order valence-electron chi connectivity index (χ3n) is 6.87. The molecule has 1 aromatic carbocycles. The zero-order valence-electron chi connectivity index (χ0n) is 19.7. The van der Waals surface area contributed by atoms with Crippen LogP contribution >= 0.6 is 15.9 Å². The Morgan fingerprint density at radius 3 is 2.58 bits per heavy atom. The molecular weight excluding hydrogens is 486 g/mol. The lowest BCUT2D eigenvalue weighted by Gasteiger charge is -2.41. The van der Waals surface area contributed by atoms with Crippen LogP contribution in [0, 0.1) is 11.3 Å². The SMILES string of the molecule is CCOc1cc([C@H]2C(C(=O)OC3CCCC3)=C(C)N=C3CC(C)(C)CC(=O)C32)cc(Br)c1O. The van der Waals surface area contributed by atoms with Crippen molar-refractivity contribution in [3.63, 3.8) is 0 Å². The quantitative estimate of drug-likeness (QED) is 0.494. The van der Waals surface area contributed by atoms with Gasteiger partial charge in [0, 0.05) is 23.7 Å². The number of halogens is 1. The van der Waals surface area contributed by atoms with Gasteiger partial charge in [-0.2, -0.15) is 0 Å². The van der Waals surface area contributed by atoms with Crippen LogP contribution in [-0.4, -0.2) is 35.3 Å². The third-order valence-corrected chi connectivity index (χ3v) is 7.47. The summed E-state index contributed by atoms with van der Waals surface area (Å²) in [5.41, 5.74) is 2.40. The Kier molecular flexibility index (Phi) is 6.72. The van der Waals surface area contributed by atoms with E-state index in [0.29, 0.717) is 40.9 Å². The number of hydrogen-bond acceptors (Lipinski definition) is 6. The molecule has 178 valence electrons. The maximum absolute atomic E-state index is 13.5. The maximum atomic E-state index is 13.5. The second-order valence-electron chi connectivity index (χ2n) is 10.1. The number of benzene rings is 1. The molecule has 6 nitrogen and oxygen atoms in total. The van der Waals surface area contributed by atoms with Gasteiger partial charge in [0.15, 0.2) is 11.5 Å². The van der Waals surface area contributed by atoms with E-state index < -0.39 is 17.8 Å². The van der Waals surface area contributed by atoms with Gasteiger partial charge in [-0.3, -0.25) is 9.79 Å². The molecule has 2 atom stereocenters. The van der Waals surface area contributed by atoms with Gasteiger partial charge in [0.2, 0.25) is 0 Å². The summed E-state index contributed by atoms with van der Waals surface area (Å²) in [7, 11) is 0. The number of nitrogens with zero attached hydrogens (tertiary/aromatic N) is 1. The Balaban J connectivity index is 1.84. The molecule has 1 heterocycles. The molecule has 0 amide bonds. The van der Waals surface area contributed by atoms with Gasteiger partial charge in [0.05, 0.1) is 22.6 Å². The van der Waals surface area contributed by atoms with Crippen molar-refractivity contribution in [1.29, 1.82) is 0 Å². The van der Waals surface area contributed by atoms with Crippen LogP contribution in [0.25, 0.3) is 0 Å². The van der Waals surface area contributed by atoms with E-state index in [0.717, 1.165) is 37.0 Å². The average Bonchev–Trinajstić information content (AvgIpc) is 3.22. The molecule has 1 aliphatic heterocycles. The average molecular weight is 518 g/mol. The van der Waals surface area contributed by atoms with Gasteiger partial charge >= 0.3 is 5.97 Å². The number of esters is 1. The number of ether oxygens (including phenoxy) is 2. The van der Waals surface area contributed by atoms with Gasteiger partial charge in [0.1, 0.15) is 11.9 Å². The lowest BCUT2D eigenvalue weighted by atomic mass is 9.63. The molecule has 1 aromatic rings. The predicted molar refractivity (Wildman–Crippen MR) is 130 cm³/mol. The number of phenolic OH excluding ortho intramolecular Hbond substituents is 1. The highest BCUT2D eigenvalue weighted by molar-refractivity contribution is 9.10. The van der Waals surface area contributed by atoms with Gasteiger partial charge in [0.25, 0.3) is 0 Å². The summed E-state index contributed by atoms with van der Waals surface area (Å²) in [5, 5.41) is 10.5. The Hall–Kier alpha value is -2.15. The summed E-state index contributed by atoms with van der Waals surface area (Å²) in [5.74, 6) is -1.07. The van der Waals surface area contributed by atoms with Crippen molar-refractivity contribution in [2.24, 2.45) is 16.3 Å². The zero-order chi connectivity index (χ0) is 23.9. The number of hydrogen-bond donors (Lipinski definition) is 1. The largest absolute Gasteiger partial charge is 0.503 e. The monoisotopic (exact) mass is 517 g/mol. The van der Waals surface area contributed by atoms with Gasteiger partial charge in [-0.05, 0) is 85.0 Å². The highest BCUT2D eigenvalue weighted by atomic mass is 79.9. The number of allylic oxidation sites excluding steroid dienone is 1. The summed E-state index contributed by atoms with van der Waals surface area (Å²) in [6, 6.07) is 3.51. The van der Waals surface area contributed by atoms with E-state index in [2.05, 4.69) is 29.8 Å². The first-order valence-electron chi connectivity index (χ1n) is 11.8. The second kappa shape index (κ2) is 9.24. The van der Waals surface area contributed by atoms with E-state index in [1.165, 1.54) is 0 Å². The minimum atomic E-state index is -0.536. The van der Waals surface area contributed by atoms with E-state index >= 15 is 0 Å². The van der Waals surface area contributed by atoms with E-state index in [1.54, 1.807) is 12.1 Å². The van der Waals surface area contributed by atoms with Gasteiger partial charge in [-0.25, -0.2) is 4.79 Å². The smallest absolute Gasteiger partial charge is 0.336 e. The van der Waals surface area contributed by atoms with Crippen LogP contribution in [0.4, 0.5) is 0 Å². The summed E-state index contributed by atoms with van der Waals surface area (Å²) >= 11 is 3.42. The lowest BCUT2D eigenvalue weighted by molar-refractivity contribution is -0.144. The maximum Gasteiger partial charge on any atom is 0.336 e. The first-order valence-corrected chi connectivity index (χ1v) is 12.6. The van der Waals surface area contributed by atoms with Crippen LogP contribution in [-0.2, 0) is 14.3 Å². The fourth-order valence-electron chi connectivity index (χ4n) is 5.48. The molecule has 4 rings (SSSR count). The molecule has 1 unspecified atom stereocenters. The highest BCUT2D eigenvalue weighted by Crippen LogP contribution is 2.49. The molecule has 3 aliphatic rings. The molecule has 0 bridgehead atoms. The van der Waals surface area contributed by atoms with E-state index in [-0.39, 0.29) is 23.1 Å². The number of aliphatic imine (C=N–C) groups is 1. The van der Waals surface area contributed by atoms with E-state index in [1.807, 2.05) is 13.8 Å². The van der Waals surface area contributed by atoms with Crippen molar-refractivity contribution >= 4 is 33.4 Å². The number of phenols is 1. The van der Waals surface area contributed by atoms with Crippen molar-refractivity contribution < 1.29 is 24.2 Å². The first kappa shape index (κ1) is 24.0. The second-order valence-corrected chi connectivity index (χ2v) is 11.0. The molecule has 0 radical (unpaired) electrons. The van der Waals surface area contributed by atoms with E-state index in [9.17, 15) is 14.7 Å². The number of ketones is 1. The number of fused-ring (bicyclic) bond motifs is 1. The Morgan fingerprint density at radius 1 is 1.21 bits per heavy atom. The van der Waals surface area contributed by atoms with Crippen LogP contribution in [0.5, 0.6) is 11.5 Å². The number of Topliss-reactive ketones (excluding diaryl/α,β-unsaturated/α-hetero) is 1. The summed E-state index contributed by atoms with van der Waals surface area (Å²) < 4.78 is 12.0. The topological polar surface area (TPSA) is 85.2 Å². The Bertz CT molecular complexity index is 1040. The highest BCUT2D eigenvalue weighted by Gasteiger charge is 2.48. The minimum Gasteiger partial charge on any atom is -0.503 e. The van der Waals surface area contributed by atoms with Crippen LogP contribution in [0.2, 0.25) is 0 Å². The van der Waals surface area contributed by atoms with Crippen LogP contribution in [0.15, 0.2) is 32.9 Å². The van der Waals surface area contributed by atoms with Crippen molar-refractivity contribution in [2.45, 2.75) is 78.2 Å². The molecule has 33 heavy (non-hydrogen) atoms. The van der Waals surface area contributed by atoms with Crippen LogP contribution in [0.3, 0.4) is 0 Å². The molecule has 2 fully saturated rings. The molecular formula is C26H32BrNO5. The van der Waals surface area contributed by atoms with Crippen molar-refractivity contribution in [1.82, 2.24) is 0 Å². The number of rotatable bonds is 5. The summed E-state index contributed by atoms with van der Waals surface area (Å²) in [6.45, 7) is 8.19. The normalized spacial score (nSPS) is 25.0. The number of carbonyl (C=O) groups is 2. The van der Waals surface area contributed by atoms with Crippen LogP contribution < -0.4 is 4.74 Å². The van der Waals surface area contributed by atoms with Crippen LogP contribution in [0.1, 0.15) is 77.7 Å². The first-order chi connectivity index (χ1) is 15.6. The molecule has 2 aliphatic carbocycles. The Morgan fingerprint density at radius 2 is 1.91 bits per heavy atom. The molecule has 0 aromatic heterocycles. The van der Waals surface area contributed by atoms with Crippen molar-refractivity contribution in [3.05, 3.63) is 33.4 Å². The third kappa shape index (κ3) is 4.75. The van der Waals surface area contributed by atoms with Gasteiger partial charge in [-0.15, -0.1) is 0 Å². The minimum absolute atomic E-state index is 0.00260. The number of carbonyl (C=O) groups excluding carboxylic acids is 2. The fraction of sp³-hybridized carbons (Fsp3) is 0.577. The van der Waals surface area contributed by atoms with Crippen molar-refractivity contribution in [2.75, 3.05) is 6.61 Å². The standard InChI is InChI=1S/C26H32BrNO5/c1-5-32-20-11-15(10-17(27)24(20)30)22-21(25(31)33-16-8-6-7-9-16)14(2)28-18-12-26(3,4)13-19(29)23(18)22/h10-11,16,22-23,30H,5-9,12-13H2,1-4H3/t22-,23?/m0/s1. The fourth-order valence-corrected chi connectivity index (χ4v) is 5.94. The van der Waals surface area contributed by atoms with E-state index in [4.69, 9.17) is 14.5 Å². The summed E-state index contributed by atoms with van der Waals surface area (Å²) in [6.07, 6.45) is 4.88. The lowest BCUT2D eigenvalue weighted by Crippen LogP contribution is -2.44. The predicted octanol–water partition coefficient (Wildman–Crippen LogP) is 5.86. The molecule has 1 N–H and O–H groups in total. The van der Waals surface area contributed by atoms with Gasteiger partial charge < -0.3 is 14.6 Å². The zero-order valence-corrected chi connectivity index (χ0v) is 21.3. The molecule has 2 saturated carbocycles.